The number of carbonyl (C=O) groups is 2. The van der Waals surface area contributed by atoms with E-state index in [1.165, 1.54) is 6.07 Å². The topological polar surface area (TPSA) is 112 Å². The minimum atomic E-state index is -1.33. The van der Waals surface area contributed by atoms with Crippen molar-refractivity contribution in [2.45, 2.75) is 12.4 Å². The normalized spacial score (nSPS) is 16.0. The molecular weight excluding hydrogens is 335 g/mol. The zero-order valence-electron chi connectivity index (χ0n) is 13.6. The number of carboxylic acids is 1. The maximum absolute atomic E-state index is 12.5. The quantitative estimate of drug-likeness (QED) is 0.537. The van der Waals surface area contributed by atoms with Crippen molar-refractivity contribution in [3.05, 3.63) is 65.4 Å². The van der Waals surface area contributed by atoms with Gasteiger partial charge in [0.05, 0.1) is 11.5 Å². The number of amides is 1. The van der Waals surface area contributed by atoms with Gasteiger partial charge < -0.3 is 25.1 Å². The van der Waals surface area contributed by atoms with E-state index in [0.29, 0.717) is 11.1 Å². The van der Waals surface area contributed by atoms with Crippen molar-refractivity contribution in [3.8, 4) is 5.75 Å². The lowest BCUT2D eigenvalue weighted by atomic mass is 9.72. The first kappa shape index (κ1) is 16.2. The Morgan fingerprint density at radius 1 is 1.23 bits per heavy atom. The molecule has 8 heteroatoms. The van der Waals surface area contributed by atoms with Crippen LogP contribution in [0.4, 0.5) is 0 Å². The summed E-state index contributed by atoms with van der Waals surface area (Å²) in [7, 11) is -1.33. The fourth-order valence-electron chi connectivity index (χ4n) is 3.16. The van der Waals surface area contributed by atoms with Crippen LogP contribution in [0.2, 0.25) is 0 Å². The van der Waals surface area contributed by atoms with Gasteiger partial charge in [-0.2, -0.15) is 0 Å². The standard InChI is InChI=1S/C18H15BN2O5/c22-17(12-4-5-14-10(8-12)6-7-20-14)21-15-9-11-2-1-3-13(18(23)24)16(11)26-19(15)25/h1-8,15,20,25H,9H2,(H,21,22)(H,23,24)/t15-/m0/s1. The third-order valence-corrected chi connectivity index (χ3v) is 4.48. The molecule has 1 aliphatic rings. The third kappa shape index (κ3) is 2.80. The second kappa shape index (κ2) is 6.23. The summed E-state index contributed by atoms with van der Waals surface area (Å²) in [6, 6.07) is 11.9. The van der Waals surface area contributed by atoms with E-state index in [9.17, 15) is 19.7 Å². The number of H-pyrrole nitrogens is 1. The van der Waals surface area contributed by atoms with Crippen LogP contribution in [0.15, 0.2) is 48.7 Å². The van der Waals surface area contributed by atoms with Crippen molar-refractivity contribution in [3.63, 3.8) is 0 Å². The number of para-hydroxylation sites is 1. The molecule has 3 aromatic rings. The molecule has 4 rings (SSSR count). The largest absolute Gasteiger partial charge is 0.547 e. The monoisotopic (exact) mass is 350 g/mol. The fourth-order valence-corrected chi connectivity index (χ4v) is 3.16. The molecule has 4 N–H and O–H groups in total. The molecular formula is C18H15BN2O5. The van der Waals surface area contributed by atoms with Gasteiger partial charge in [0.1, 0.15) is 5.75 Å². The summed E-state index contributed by atoms with van der Waals surface area (Å²) in [5, 5.41) is 23.1. The molecule has 0 radical (unpaired) electrons. The van der Waals surface area contributed by atoms with Crippen LogP contribution in [-0.2, 0) is 6.42 Å². The van der Waals surface area contributed by atoms with Gasteiger partial charge in [0.25, 0.3) is 5.91 Å². The first-order chi connectivity index (χ1) is 12.5. The van der Waals surface area contributed by atoms with Crippen LogP contribution in [0.3, 0.4) is 0 Å². The molecule has 1 amide bonds. The molecule has 26 heavy (non-hydrogen) atoms. The van der Waals surface area contributed by atoms with Crippen molar-refractivity contribution >= 4 is 29.9 Å². The van der Waals surface area contributed by atoms with E-state index in [2.05, 4.69) is 10.3 Å². The number of benzene rings is 2. The molecule has 0 saturated carbocycles. The minimum absolute atomic E-state index is 0.00997. The third-order valence-electron chi connectivity index (χ3n) is 4.48. The SMILES string of the molecule is O=C(N[C@H]1Cc2cccc(C(=O)O)c2OB1O)c1ccc2[nH]ccc2c1. The van der Waals surface area contributed by atoms with E-state index in [-0.39, 0.29) is 23.6 Å². The van der Waals surface area contributed by atoms with Gasteiger partial charge in [-0.05, 0) is 42.3 Å². The molecule has 2 aromatic carbocycles. The molecule has 1 atom stereocenters. The van der Waals surface area contributed by atoms with E-state index in [4.69, 9.17) is 4.65 Å². The molecule has 0 spiro atoms. The number of aromatic amines is 1. The van der Waals surface area contributed by atoms with Crippen LogP contribution in [0.25, 0.3) is 10.9 Å². The number of hydrogen-bond acceptors (Lipinski definition) is 4. The van der Waals surface area contributed by atoms with E-state index in [1.54, 1.807) is 30.5 Å². The highest BCUT2D eigenvalue weighted by molar-refractivity contribution is 6.47. The molecule has 0 saturated heterocycles. The zero-order chi connectivity index (χ0) is 18.3. The molecule has 1 aromatic heterocycles. The van der Waals surface area contributed by atoms with Crippen molar-refractivity contribution in [1.29, 1.82) is 0 Å². The smallest absolute Gasteiger partial charge is 0.534 e. The molecule has 2 heterocycles. The average molecular weight is 350 g/mol. The van der Waals surface area contributed by atoms with E-state index >= 15 is 0 Å². The molecule has 0 fully saturated rings. The second-order valence-corrected chi connectivity index (χ2v) is 6.17. The van der Waals surface area contributed by atoms with Gasteiger partial charge in [-0.1, -0.05) is 12.1 Å². The maximum Gasteiger partial charge on any atom is 0.547 e. The number of carbonyl (C=O) groups excluding carboxylic acids is 1. The van der Waals surface area contributed by atoms with Crippen LogP contribution < -0.4 is 9.97 Å². The summed E-state index contributed by atoms with van der Waals surface area (Å²) in [5.74, 6) is -2.00. The van der Waals surface area contributed by atoms with Gasteiger partial charge in [-0.25, -0.2) is 4.79 Å². The van der Waals surface area contributed by atoms with Gasteiger partial charge in [0.2, 0.25) is 0 Å². The number of hydrogen-bond donors (Lipinski definition) is 4. The van der Waals surface area contributed by atoms with Gasteiger partial charge in [0, 0.05) is 22.7 Å². The Balaban J connectivity index is 1.56. The summed E-state index contributed by atoms with van der Waals surface area (Å²) in [6.07, 6.45) is 2.07. The number of aromatic carboxylic acids is 1. The van der Waals surface area contributed by atoms with Crippen molar-refractivity contribution in [1.82, 2.24) is 10.3 Å². The van der Waals surface area contributed by atoms with E-state index < -0.39 is 19.0 Å². The number of rotatable bonds is 3. The Morgan fingerprint density at radius 2 is 2.08 bits per heavy atom. The fraction of sp³-hybridized carbons (Fsp3) is 0.111. The van der Waals surface area contributed by atoms with Gasteiger partial charge in [-0.3, -0.25) is 4.79 Å². The second-order valence-electron chi connectivity index (χ2n) is 6.17. The Hall–Kier alpha value is -3.26. The molecule has 0 aliphatic carbocycles. The zero-order valence-corrected chi connectivity index (χ0v) is 13.6. The maximum atomic E-state index is 12.5. The van der Waals surface area contributed by atoms with Crippen molar-refractivity contribution in [2.24, 2.45) is 0 Å². The Morgan fingerprint density at radius 3 is 2.88 bits per heavy atom. The lowest BCUT2D eigenvalue weighted by Crippen LogP contribution is -2.53. The number of carboxylic acid groups (broad SMARTS) is 1. The van der Waals surface area contributed by atoms with Crippen molar-refractivity contribution in [2.75, 3.05) is 0 Å². The number of aromatic nitrogens is 1. The average Bonchev–Trinajstić information content (AvgIpc) is 3.09. The summed E-state index contributed by atoms with van der Waals surface area (Å²) in [5.41, 5.74) is 2.01. The molecule has 130 valence electrons. The predicted molar refractivity (Wildman–Crippen MR) is 95.3 cm³/mol. The molecule has 7 nitrogen and oxygen atoms in total. The highest BCUT2D eigenvalue weighted by atomic mass is 16.5. The van der Waals surface area contributed by atoms with E-state index in [0.717, 1.165) is 10.9 Å². The van der Waals surface area contributed by atoms with Crippen LogP contribution in [-0.4, -0.2) is 40.1 Å². The summed E-state index contributed by atoms with van der Waals surface area (Å²) >= 11 is 0. The van der Waals surface area contributed by atoms with Crippen molar-refractivity contribution < 1.29 is 24.4 Å². The Labute approximate surface area is 148 Å². The molecule has 0 unspecified atom stereocenters. The van der Waals surface area contributed by atoms with E-state index in [1.807, 2.05) is 12.1 Å². The summed E-state index contributed by atoms with van der Waals surface area (Å²) in [6.45, 7) is 0. The Kier molecular flexibility index (Phi) is 3.89. The van der Waals surface area contributed by atoms with Crippen LogP contribution in [0.5, 0.6) is 5.75 Å². The van der Waals surface area contributed by atoms with Crippen LogP contribution in [0.1, 0.15) is 26.3 Å². The van der Waals surface area contributed by atoms with Gasteiger partial charge in [-0.15, -0.1) is 0 Å². The summed E-state index contributed by atoms with van der Waals surface area (Å²) in [4.78, 5) is 26.9. The molecule has 1 aliphatic heterocycles. The summed E-state index contributed by atoms with van der Waals surface area (Å²) < 4.78 is 5.39. The van der Waals surface area contributed by atoms with Crippen LogP contribution >= 0.6 is 0 Å². The first-order valence-electron chi connectivity index (χ1n) is 8.11. The predicted octanol–water partition coefficient (Wildman–Crippen LogP) is 1.62. The Bertz CT molecular complexity index is 1020. The lowest BCUT2D eigenvalue weighted by Gasteiger charge is -2.28. The number of nitrogens with one attached hydrogen (secondary N) is 2. The highest BCUT2D eigenvalue weighted by Gasteiger charge is 2.37. The van der Waals surface area contributed by atoms with Crippen LogP contribution in [0, 0.1) is 0 Å². The first-order valence-corrected chi connectivity index (χ1v) is 8.11. The molecule has 0 bridgehead atoms. The van der Waals surface area contributed by atoms with Gasteiger partial charge >= 0.3 is 13.1 Å². The van der Waals surface area contributed by atoms with Gasteiger partial charge in [0.15, 0.2) is 0 Å². The lowest BCUT2D eigenvalue weighted by molar-refractivity contribution is 0.0693. The minimum Gasteiger partial charge on any atom is -0.534 e. The number of fused-ring (bicyclic) bond motifs is 2. The highest BCUT2D eigenvalue weighted by Crippen LogP contribution is 2.30.